The molecule has 0 aliphatic rings. The zero-order chi connectivity index (χ0) is 39.1. The molecule has 0 saturated heterocycles. The predicted octanol–water partition coefficient (Wildman–Crippen LogP) is 13.8. The molecule has 1 N–H and O–H groups in total. The van der Waals surface area contributed by atoms with Crippen LogP contribution in [0.3, 0.4) is 0 Å². The molecule has 0 spiro atoms. The topological polar surface area (TPSA) is 76.1 Å². The molecule has 53 heavy (non-hydrogen) atoms. The number of esters is 2. The van der Waals surface area contributed by atoms with Crippen LogP contribution in [0.5, 0.6) is 0 Å². The maximum Gasteiger partial charge on any atom is 0.306 e. The third kappa shape index (κ3) is 37.6. The molecule has 0 amide bonds. The Morgan fingerprint density at radius 1 is 0.491 bits per heavy atom. The van der Waals surface area contributed by atoms with Crippen molar-refractivity contribution in [1.29, 1.82) is 0 Å². The SMILES string of the molecule is CCCCCCCCCC(CCCCCCCC)OC(=O)CCCCCCCN(CCO)CCCCCCCC(=O)OC(C)(C)CCCCCCCC. The quantitative estimate of drug-likeness (QED) is 0.0494. The third-order valence-corrected chi connectivity index (χ3v) is 11.0. The van der Waals surface area contributed by atoms with Crippen LogP contribution in [0.15, 0.2) is 0 Å². The van der Waals surface area contributed by atoms with Gasteiger partial charge in [0.15, 0.2) is 0 Å². The van der Waals surface area contributed by atoms with E-state index in [0.717, 1.165) is 103 Å². The summed E-state index contributed by atoms with van der Waals surface area (Å²) in [5, 5.41) is 9.58. The van der Waals surface area contributed by atoms with E-state index in [0.29, 0.717) is 12.8 Å². The zero-order valence-electron chi connectivity index (χ0n) is 36.5. The summed E-state index contributed by atoms with van der Waals surface area (Å²) in [6.45, 7) is 13.9. The molecule has 0 fully saturated rings. The van der Waals surface area contributed by atoms with Gasteiger partial charge in [-0.05, 0) is 91.1 Å². The number of aliphatic hydroxyl groups excluding tert-OH is 1. The fraction of sp³-hybridized carbons (Fsp3) is 0.957. The molecule has 0 aromatic carbocycles. The van der Waals surface area contributed by atoms with Gasteiger partial charge in [0.2, 0.25) is 0 Å². The van der Waals surface area contributed by atoms with Crippen LogP contribution in [0.4, 0.5) is 0 Å². The number of nitrogens with zero attached hydrogens (tertiary/aromatic N) is 1. The summed E-state index contributed by atoms with van der Waals surface area (Å²) in [6, 6.07) is 0. The standard InChI is InChI=1S/C47H93NO5/c1-6-9-12-15-18-22-29-36-44(35-28-21-16-13-10-7-2)52-45(50)37-30-23-19-26-33-40-48(42-43-49)41-34-27-20-24-31-38-46(51)53-47(4,5)39-32-25-17-14-11-8-3/h44,49H,6-43H2,1-5H3. The van der Waals surface area contributed by atoms with Gasteiger partial charge in [-0.15, -0.1) is 0 Å². The minimum atomic E-state index is -0.352. The minimum absolute atomic E-state index is 0.0146. The number of ether oxygens (including phenoxy) is 2. The molecule has 0 radical (unpaired) electrons. The van der Waals surface area contributed by atoms with E-state index < -0.39 is 0 Å². The van der Waals surface area contributed by atoms with E-state index in [9.17, 15) is 14.7 Å². The average Bonchev–Trinajstić information content (AvgIpc) is 3.12. The Hall–Kier alpha value is -1.14. The number of carbonyl (C=O) groups is 2. The summed E-state index contributed by atoms with van der Waals surface area (Å²) in [4.78, 5) is 27.5. The Kier molecular flexibility index (Phi) is 38.3. The lowest BCUT2D eigenvalue weighted by Crippen LogP contribution is -2.29. The highest BCUT2D eigenvalue weighted by atomic mass is 16.6. The summed E-state index contributed by atoms with van der Waals surface area (Å²) in [6.07, 6.45) is 39.5. The molecular formula is C47H93NO5. The summed E-state index contributed by atoms with van der Waals surface area (Å²) >= 11 is 0. The third-order valence-electron chi connectivity index (χ3n) is 11.0. The number of rotatable bonds is 42. The van der Waals surface area contributed by atoms with Crippen molar-refractivity contribution in [3.05, 3.63) is 0 Å². The van der Waals surface area contributed by atoms with Gasteiger partial charge in [0.05, 0.1) is 6.61 Å². The van der Waals surface area contributed by atoms with Crippen LogP contribution in [0.1, 0.15) is 253 Å². The summed E-state index contributed by atoms with van der Waals surface area (Å²) in [5.41, 5.74) is -0.352. The van der Waals surface area contributed by atoms with Crippen LogP contribution < -0.4 is 0 Å². The summed E-state index contributed by atoms with van der Waals surface area (Å²) in [7, 11) is 0. The zero-order valence-corrected chi connectivity index (χ0v) is 36.5. The van der Waals surface area contributed by atoms with Gasteiger partial charge in [0.25, 0.3) is 0 Å². The van der Waals surface area contributed by atoms with Gasteiger partial charge in [-0.25, -0.2) is 0 Å². The monoisotopic (exact) mass is 752 g/mol. The second kappa shape index (κ2) is 39.1. The molecule has 0 saturated carbocycles. The molecule has 0 aliphatic carbocycles. The van der Waals surface area contributed by atoms with Gasteiger partial charge in [0, 0.05) is 19.4 Å². The number of hydrogen-bond donors (Lipinski definition) is 1. The largest absolute Gasteiger partial charge is 0.462 e. The van der Waals surface area contributed by atoms with E-state index in [1.807, 2.05) is 0 Å². The summed E-state index contributed by atoms with van der Waals surface area (Å²) < 4.78 is 11.8. The van der Waals surface area contributed by atoms with Crippen LogP contribution >= 0.6 is 0 Å². The van der Waals surface area contributed by atoms with Crippen LogP contribution in [0, 0.1) is 0 Å². The first-order valence-corrected chi connectivity index (χ1v) is 23.5. The van der Waals surface area contributed by atoms with Crippen molar-refractivity contribution in [2.24, 2.45) is 0 Å². The maximum absolute atomic E-state index is 12.7. The highest BCUT2D eigenvalue weighted by Crippen LogP contribution is 2.22. The molecule has 0 aromatic heterocycles. The molecule has 0 aliphatic heterocycles. The minimum Gasteiger partial charge on any atom is -0.462 e. The number of hydrogen-bond acceptors (Lipinski definition) is 6. The normalized spacial score (nSPS) is 12.4. The van der Waals surface area contributed by atoms with Crippen molar-refractivity contribution in [1.82, 2.24) is 4.90 Å². The molecule has 1 unspecified atom stereocenters. The van der Waals surface area contributed by atoms with Crippen LogP contribution in [0.25, 0.3) is 0 Å². The molecule has 0 aromatic rings. The van der Waals surface area contributed by atoms with Crippen molar-refractivity contribution in [2.75, 3.05) is 26.2 Å². The average molecular weight is 752 g/mol. The molecule has 0 bridgehead atoms. The fourth-order valence-electron chi connectivity index (χ4n) is 7.48. The van der Waals surface area contributed by atoms with Crippen molar-refractivity contribution >= 4 is 11.9 Å². The van der Waals surface area contributed by atoms with Gasteiger partial charge in [-0.1, -0.05) is 162 Å². The lowest BCUT2D eigenvalue weighted by atomic mass is 9.99. The second-order valence-corrected chi connectivity index (χ2v) is 16.9. The van der Waals surface area contributed by atoms with Crippen LogP contribution in [-0.2, 0) is 19.1 Å². The van der Waals surface area contributed by atoms with Gasteiger partial charge < -0.3 is 19.5 Å². The van der Waals surface area contributed by atoms with Gasteiger partial charge >= 0.3 is 11.9 Å². The summed E-state index contributed by atoms with van der Waals surface area (Å²) in [5.74, 6) is -0.0303. The van der Waals surface area contributed by atoms with E-state index in [1.54, 1.807) is 0 Å². The maximum atomic E-state index is 12.7. The smallest absolute Gasteiger partial charge is 0.306 e. The lowest BCUT2D eigenvalue weighted by molar-refractivity contribution is -0.157. The second-order valence-electron chi connectivity index (χ2n) is 16.9. The van der Waals surface area contributed by atoms with Crippen molar-refractivity contribution in [3.8, 4) is 0 Å². The first kappa shape index (κ1) is 51.9. The number of carbonyl (C=O) groups excluding carboxylic acids is 2. The number of aliphatic hydroxyl groups is 1. The highest BCUT2D eigenvalue weighted by molar-refractivity contribution is 5.70. The number of unbranched alkanes of at least 4 members (excludes halogenated alkanes) is 24. The van der Waals surface area contributed by atoms with E-state index in [2.05, 4.69) is 39.5 Å². The van der Waals surface area contributed by atoms with Gasteiger partial charge in [0.1, 0.15) is 11.7 Å². The van der Waals surface area contributed by atoms with E-state index in [4.69, 9.17) is 9.47 Å². The lowest BCUT2D eigenvalue weighted by Gasteiger charge is -2.25. The Morgan fingerprint density at radius 2 is 0.868 bits per heavy atom. The first-order valence-electron chi connectivity index (χ1n) is 23.5. The molecule has 1 atom stereocenters. The van der Waals surface area contributed by atoms with E-state index in [-0.39, 0.29) is 30.3 Å². The Balaban J connectivity index is 4.07. The molecule has 316 valence electrons. The fourth-order valence-corrected chi connectivity index (χ4v) is 7.48. The predicted molar refractivity (Wildman–Crippen MR) is 228 cm³/mol. The molecular weight excluding hydrogens is 659 g/mol. The Bertz CT molecular complexity index is 787. The molecule has 0 heterocycles. The van der Waals surface area contributed by atoms with E-state index >= 15 is 0 Å². The molecule has 0 rings (SSSR count). The molecule has 6 heteroatoms. The highest BCUT2D eigenvalue weighted by Gasteiger charge is 2.22. The van der Waals surface area contributed by atoms with Crippen molar-refractivity contribution in [2.45, 2.75) is 265 Å². The van der Waals surface area contributed by atoms with Crippen molar-refractivity contribution < 1.29 is 24.2 Å². The van der Waals surface area contributed by atoms with E-state index in [1.165, 1.54) is 122 Å². The Morgan fingerprint density at radius 3 is 1.32 bits per heavy atom. The van der Waals surface area contributed by atoms with Crippen molar-refractivity contribution in [3.63, 3.8) is 0 Å². The van der Waals surface area contributed by atoms with Crippen LogP contribution in [0.2, 0.25) is 0 Å². The first-order chi connectivity index (χ1) is 25.8. The van der Waals surface area contributed by atoms with Gasteiger partial charge in [-0.3, -0.25) is 9.59 Å². The molecule has 6 nitrogen and oxygen atoms in total. The Labute approximate surface area is 331 Å². The van der Waals surface area contributed by atoms with Crippen LogP contribution in [-0.4, -0.2) is 59.9 Å². The van der Waals surface area contributed by atoms with Gasteiger partial charge in [-0.2, -0.15) is 0 Å².